The molecule has 0 aliphatic carbocycles. The van der Waals surface area contributed by atoms with E-state index in [0.717, 1.165) is 11.5 Å². The zero-order chi connectivity index (χ0) is 21.4. The van der Waals surface area contributed by atoms with E-state index < -0.39 is 8.07 Å². The maximum Gasteiger partial charge on any atom is 0.228 e. The maximum absolute atomic E-state index is 6.86. The van der Waals surface area contributed by atoms with Crippen LogP contribution in [0.1, 0.15) is 30.9 Å². The summed E-state index contributed by atoms with van der Waals surface area (Å²) in [6, 6.07) is 15.7. The summed E-state index contributed by atoms with van der Waals surface area (Å²) in [6.07, 6.45) is 2.20. The number of pyridine rings is 1. The highest BCUT2D eigenvalue weighted by Gasteiger charge is 2.36. The molecule has 0 spiro atoms. The molecule has 0 bridgehead atoms. The van der Waals surface area contributed by atoms with Crippen molar-refractivity contribution in [3.63, 3.8) is 0 Å². The minimum absolute atomic E-state index is 0.461. The van der Waals surface area contributed by atoms with Crippen LogP contribution in [0.25, 0.3) is 32.8 Å². The summed E-state index contributed by atoms with van der Waals surface area (Å²) < 4.78 is 9.14. The van der Waals surface area contributed by atoms with Gasteiger partial charge in [0.25, 0.3) is 0 Å². The van der Waals surface area contributed by atoms with E-state index in [1.807, 2.05) is 0 Å². The molecule has 0 N–H and O–H groups in total. The Morgan fingerprint density at radius 3 is 2.33 bits per heavy atom. The summed E-state index contributed by atoms with van der Waals surface area (Å²) in [6.45, 7) is 14.0. The van der Waals surface area contributed by atoms with Crippen LogP contribution in [0, 0.1) is 6.92 Å². The van der Waals surface area contributed by atoms with Crippen molar-refractivity contribution in [3.8, 4) is 22.8 Å². The van der Waals surface area contributed by atoms with Gasteiger partial charge in [0.1, 0.15) is 18.5 Å². The molecule has 4 aromatic rings. The smallest absolute Gasteiger partial charge is 0.228 e. The second kappa shape index (κ2) is 6.42. The number of hydrogen-bond donors (Lipinski definition) is 0. The van der Waals surface area contributed by atoms with E-state index in [9.17, 15) is 0 Å². The first kappa shape index (κ1) is 19.3. The third-order valence-electron chi connectivity index (χ3n) is 6.52. The van der Waals surface area contributed by atoms with Gasteiger partial charge in [0.2, 0.25) is 5.69 Å². The predicted molar refractivity (Wildman–Crippen MR) is 130 cm³/mol. The number of fused-ring (bicyclic) bond motifs is 3. The van der Waals surface area contributed by atoms with Crippen molar-refractivity contribution in [2.75, 3.05) is 0 Å². The number of benzene rings is 3. The molecular weight excluding hydrogens is 382 g/mol. The van der Waals surface area contributed by atoms with E-state index in [4.69, 9.17) is 4.74 Å². The monoisotopic (exact) mass is 412 g/mol. The van der Waals surface area contributed by atoms with E-state index in [2.05, 4.69) is 101 Å². The van der Waals surface area contributed by atoms with Crippen LogP contribution in [-0.2, 0) is 7.05 Å². The Bertz CT molecular complexity index is 1350. The Kier molecular flexibility index (Phi) is 4.13. The summed E-state index contributed by atoms with van der Waals surface area (Å²) in [7, 11) is 0.468. The van der Waals surface area contributed by atoms with Crippen molar-refractivity contribution in [2.24, 2.45) is 7.05 Å². The molecule has 3 heteroatoms. The molecule has 1 aliphatic rings. The zero-order valence-corrected chi connectivity index (χ0v) is 20.1. The van der Waals surface area contributed by atoms with Crippen molar-refractivity contribution in [2.45, 2.75) is 46.3 Å². The Balaban J connectivity index is 2.02. The van der Waals surface area contributed by atoms with Crippen LogP contribution in [0.5, 0.6) is 11.5 Å². The zero-order valence-electron chi connectivity index (χ0n) is 19.1. The Hall–Kier alpha value is -2.65. The summed E-state index contributed by atoms with van der Waals surface area (Å²) >= 11 is 0. The lowest BCUT2D eigenvalue weighted by atomic mass is 9.90. The first-order chi connectivity index (χ1) is 14.2. The van der Waals surface area contributed by atoms with Gasteiger partial charge in [0, 0.05) is 6.07 Å². The van der Waals surface area contributed by atoms with Crippen molar-refractivity contribution in [3.05, 3.63) is 59.8 Å². The largest absolute Gasteiger partial charge is 0.456 e. The molecule has 0 saturated carbocycles. The molecule has 3 aromatic carbocycles. The molecule has 1 aromatic heterocycles. The number of nitrogens with zero attached hydrogens (tertiary/aromatic N) is 1. The number of ether oxygens (including phenoxy) is 1. The molecule has 30 heavy (non-hydrogen) atoms. The second-order valence-electron chi connectivity index (χ2n) is 10.0. The Labute approximate surface area is 180 Å². The van der Waals surface area contributed by atoms with Gasteiger partial charge in [0.15, 0.2) is 6.20 Å². The topological polar surface area (TPSA) is 13.1 Å². The highest BCUT2D eigenvalue weighted by molar-refractivity contribution is 6.91. The average molecular weight is 413 g/mol. The highest BCUT2D eigenvalue weighted by atomic mass is 28.3. The van der Waals surface area contributed by atoms with Crippen LogP contribution in [0.15, 0.2) is 48.7 Å². The van der Waals surface area contributed by atoms with Gasteiger partial charge < -0.3 is 4.74 Å². The predicted octanol–water partition coefficient (Wildman–Crippen LogP) is 6.57. The second-order valence-corrected chi connectivity index (χ2v) is 15.0. The van der Waals surface area contributed by atoms with Crippen LogP contribution in [0.4, 0.5) is 0 Å². The lowest BCUT2D eigenvalue weighted by molar-refractivity contribution is -0.659. The molecule has 2 heterocycles. The minimum atomic E-state index is -1.69. The van der Waals surface area contributed by atoms with Gasteiger partial charge in [0.05, 0.1) is 19.0 Å². The molecule has 152 valence electrons. The van der Waals surface area contributed by atoms with Gasteiger partial charge in [-0.15, -0.1) is 0 Å². The highest BCUT2D eigenvalue weighted by Crippen LogP contribution is 2.48. The van der Waals surface area contributed by atoms with Gasteiger partial charge in [-0.05, 0) is 51.4 Å². The van der Waals surface area contributed by atoms with Crippen LogP contribution in [0.2, 0.25) is 19.6 Å². The number of hydrogen-bond acceptors (Lipinski definition) is 1. The Morgan fingerprint density at radius 1 is 0.967 bits per heavy atom. The van der Waals surface area contributed by atoms with Crippen LogP contribution < -0.4 is 14.5 Å². The van der Waals surface area contributed by atoms with Crippen LogP contribution in [-0.4, -0.2) is 8.07 Å². The van der Waals surface area contributed by atoms with Crippen molar-refractivity contribution in [1.82, 2.24) is 0 Å². The molecular formula is C27H30NOSi+. The molecule has 0 radical (unpaired) electrons. The van der Waals surface area contributed by atoms with Gasteiger partial charge in [-0.3, -0.25) is 0 Å². The summed E-state index contributed by atoms with van der Waals surface area (Å²) in [4.78, 5) is 0. The minimum Gasteiger partial charge on any atom is -0.456 e. The number of aromatic nitrogens is 1. The first-order valence-corrected chi connectivity index (χ1v) is 14.4. The van der Waals surface area contributed by atoms with E-state index in [1.165, 1.54) is 49.1 Å². The molecule has 1 aliphatic heterocycles. The third kappa shape index (κ3) is 2.65. The summed E-state index contributed by atoms with van der Waals surface area (Å²) in [5.41, 5.74) is 5.18. The molecule has 0 atom stereocenters. The average Bonchev–Trinajstić information content (AvgIpc) is 2.68. The number of aryl methyl sites for hydroxylation is 2. The third-order valence-corrected chi connectivity index (χ3v) is 8.51. The molecule has 0 unspecified atom stereocenters. The fourth-order valence-corrected chi connectivity index (χ4v) is 6.91. The standard InChI is InChI=1S/C27H30NOSi/c1-16(2)19-14-18-12-13-28(4)25-23-17(3)20-10-8-9-11-21(20)27(30(5,6)7)26(23)29-22(15-19)24(18)25/h8-16H,1-7H3/q+1. The van der Waals surface area contributed by atoms with Crippen molar-refractivity contribution < 1.29 is 9.30 Å². The number of rotatable bonds is 2. The van der Waals surface area contributed by atoms with Crippen molar-refractivity contribution >= 4 is 34.8 Å². The molecule has 2 nitrogen and oxygen atoms in total. The fraction of sp³-hybridized carbons (Fsp3) is 0.296. The molecule has 0 amide bonds. The van der Waals surface area contributed by atoms with E-state index in [-0.39, 0.29) is 0 Å². The van der Waals surface area contributed by atoms with Gasteiger partial charge in [-0.1, -0.05) is 63.8 Å². The fourth-order valence-electron chi connectivity index (χ4n) is 5.02. The lowest BCUT2D eigenvalue weighted by Crippen LogP contribution is -2.41. The van der Waals surface area contributed by atoms with Crippen molar-refractivity contribution in [1.29, 1.82) is 0 Å². The Morgan fingerprint density at radius 2 is 1.67 bits per heavy atom. The lowest BCUT2D eigenvalue weighted by Gasteiger charge is -2.30. The summed E-state index contributed by atoms with van der Waals surface area (Å²) in [5.74, 6) is 2.55. The van der Waals surface area contributed by atoms with E-state index >= 15 is 0 Å². The molecule has 0 saturated heterocycles. The molecule has 5 rings (SSSR count). The quantitative estimate of drug-likeness (QED) is 0.236. The van der Waals surface area contributed by atoms with Gasteiger partial charge >= 0.3 is 0 Å². The van der Waals surface area contributed by atoms with Crippen LogP contribution in [0.3, 0.4) is 0 Å². The van der Waals surface area contributed by atoms with Gasteiger partial charge in [-0.2, -0.15) is 0 Å². The van der Waals surface area contributed by atoms with Gasteiger partial charge in [-0.25, -0.2) is 4.57 Å². The summed E-state index contributed by atoms with van der Waals surface area (Å²) in [5, 5.41) is 6.62. The molecule has 0 fully saturated rings. The van der Waals surface area contributed by atoms with E-state index in [0.29, 0.717) is 5.92 Å². The first-order valence-electron chi connectivity index (χ1n) is 10.9. The SMILES string of the molecule is Cc1c2c(c([Si](C)(C)C)c3ccccc13)Oc1cc(C(C)C)cc3cc[n+](C)c-2c13. The maximum atomic E-state index is 6.86. The van der Waals surface area contributed by atoms with Crippen LogP contribution >= 0.6 is 0 Å². The normalized spacial score (nSPS) is 13.1. The van der Waals surface area contributed by atoms with E-state index in [1.54, 1.807) is 0 Å².